The summed E-state index contributed by atoms with van der Waals surface area (Å²) in [6.45, 7) is 6.07. The zero-order valence-electron chi connectivity index (χ0n) is 8.42. The largest absolute Gasteiger partial charge is 0.487 e. The van der Waals surface area contributed by atoms with Gasteiger partial charge in [0.2, 0.25) is 0 Å². The van der Waals surface area contributed by atoms with E-state index in [9.17, 15) is 0 Å². The van der Waals surface area contributed by atoms with E-state index in [1.807, 2.05) is 18.7 Å². The van der Waals surface area contributed by atoms with Crippen LogP contribution in [0.15, 0.2) is 24.3 Å². The Morgan fingerprint density at radius 2 is 1.85 bits per heavy atom. The summed E-state index contributed by atoms with van der Waals surface area (Å²) in [7, 11) is 0. The van der Waals surface area contributed by atoms with Gasteiger partial charge in [0.15, 0.2) is 0 Å². The summed E-state index contributed by atoms with van der Waals surface area (Å²) < 4.78 is 5.36. The van der Waals surface area contributed by atoms with E-state index in [0.29, 0.717) is 0 Å². The van der Waals surface area contributed by atoms with Gasteiger partial charge in [0, 0.05) is 0 Å². The highest BCUT2D eigenvalue weighted by molar-refractivity contribution is 5.27. The molecule has 0 aliphatic carbocycles. The lowest BCUT2D eigenvalue weighted by Crippen LogP contribution is -1.88. The van der Waals surface area contributed by atoms with Gasteiger partial charge in [-0.3, -0.25) is 0 Å². The van der Waals surface area contributed by atoms with Gasteiger partial charge in [-0.15, -0.1) is 0 Å². The first-order valence-electron chi connectivity index (χ1n) is 4.94. The van der Waals surface area contributed by atoms with Gasteiger partial charge in [-0.05, 0) is 30.5 Å². The van der Waals surface area contributed by atoms with Crippen LogP contribution in [-0.4, -0.2) is 0 Å². The predicted octanol–water partition coefficient (Wildman–Crippen LogP) is 3.59. The minimum Gasteiger partial charge on any atom is -0.487 e. The zero-order chi connectivity index (χ0) is 9.52. The molecule has 0 saturated carbocycles. The Hall–Kier alpha value is -0.980. The Balaban J connectivity index is 2.48. The molecular formula is C12H17O. The Morgan fingerprint density at radius 1 is 1.15 bits per heavy atom. The van der Waals surface area contributed by atoms with E-state index in [4.69, 9.17) is 4.74 Å². The highest BCUT2D eigenvalue weighted by atomic mass is 16.5. The molecule has 0 aromatic heterocycles. The molecule has 0 fully saturated rings. The van der Waals surface area contributed by atoms with Crippen LogP contribution in [0.5, 0.6) is 5.75 Å². The van der Waals surface area contributed by atoms with Crippen molar-refractivity contribution in [1.82, 2.24) is 0 Å². The third-order valence-corrected chi connectivity index (χ3v) is 1.85. The molecule has 1 rings (SSSR count). The summed E-state index contributed by atoms with van der Waals surface area (Å²) in [5, 5.41) is 0. The monoisotopic (exact) mass is 177 g/mol. The van der Waals surface area contributed by atoms with E-state index in [-0.39, 0.29) is 0 Å². The average molecular weight is 177 g/mol. The van der Waals surface area contributed by atoms with Crippen LogP contribution in [0.1, 0.15) is 32.3 Å². The van der Waals surface area contributed by atoms with E-state index in [1.54, 1.807) is 0 Å². The third-order valence-electron chi connectivity index (χ3n) is 1.85. The van der Waals surface area contributed by atoms with Crippen LogP contribution in [0.2, 0.25) is 0 Å². The van der Waals surface area contributed by atoms with Crippen molar-refractivity contribution in [3.05, 3.63) is 36.4 Å². The second kappa shape index (κ2) is 5.63. The van der Waals surface area contributed by atoms with Gasteiger partial charge in [-0.25, -0.2) is 0 Å². The second-order valence-corrected chi connectivity index (χ2v) is 3.09. The van der Waals surface area contributed by atoms with Crippen LogP contribution in [0.25, 0.3) is 0 Å². The molecule has 0 aliphatic heterocycles. The van der Waals surface area contributed by atoms with Crippen molar-refractivity contribution >= 4 is 0 Å². The van der Waals surface area contributed by atoms with E-state index in [2.05, 4.69) is 26.0 Å². The molecule has 0 unspecified atom stereocenters. The van der Waals surface area contributed by atoms with Crippen LogP contribution in [0.3, 0.4) is 0 Å². The van der Waals surface area contributed by atoms with Crippen LogP contribution in [-0.2, 0) is 6.42 Å². The lowest BCUT2D eigenvalue weighted by atomic mass is 10.1. The van der Waals surface area contributed by atoms with Crippen LogP contribution >= 0.6 is 0 Å². The Kier molecular flexibility index (Phi) is 4.37. The molecule has 1 heteroatoms. The third kappa shape index (κ3) is 3.49. The van der Waals surface area contributed by atoms with E-state index < -0.39 is 0 Å². The van der Waals surface area contributed by atoms with Crippen molar-refractivity contribution in [1.29, 1.82) is 0 Å². The van der Waals surface area contributed by atoms with Gasteiger partial charge >= 0.3 is 0 Å². The van der Waals surface area contributed by atoms with Crippen LogP contribution < -0.4 is 4.74 Å². The summed E-state index contributed by atoms with van der Waals surface area (Å²) in [6.07, 6.45) is 3.29. The molecule has 0 aliphatic rings. The van der Waals surface area contributed by atoms with E-state index in [1.165, 1.54) is 12.0 Å². The number of hydrogen-bond donors (Lipinski definition) is 0. The quantitative estimate of drug-likeness (QED) is 0.667. The summed E-state index contributed by atoms with van der Waals surface area (Å²) in [5.41, 5.74) is 1.38. The summed E-state index contributed by atoms with van der Waals surface area (Å²) in [5.74, 6) is 0.932. The minimum atomic E-state index is 0.932. The minimum absolute atomic E-state index is 0.932. The van der Waals surface area contributed by atoms with Crippen molar-refractivity contribution in [2.75, 3.05) is 0 Å². The molecule has 0 amide bonds. The maximum atomic E-state index is 5.36. The fraction of sp³-hybridized carbons (Fsp3) is 0.417. The highest BCUT2D eigenvalue weighted by Gasteiger charge is 1.93. The number of rotatable bonds is 5. The summed E-state index contributed by atoms with van der Waals surface area (Å²) in [6, 6.07) is 8.30. The first-order valence-corrected chi connectivity index (χ1v) is 4.94. The Labute approximate surface area is 80.7 Å². The normalized spacial score (nSPS) is 10.0. The zero-order valence-corrected chi connectivity index (χ0v) is 8.42. The van der Waals surface area contributed by atoms with Gasteiger partial charge < -0.3 is 4.74 Å². The lowest BCUT2D eigenvalue weighted by molar-refractivity contribution is 0.397. The highest BCUT2D eigenvalue weighted by Crippen LogP contribution is 2.14. The van der Waals surface area contributed by atoms with Crippen molar-refractivity contribution in [2.45, 2.75) is 33.1 Å². The number of aryl methyl sites for hydroxylation is 1. The molecule has 0 N–H and O–H groups in total. The van der Waals surface area contributed by atoms with Gasteiger partial charge in [0.05, 0.1) is 0 Å². The summed E-state index contributed by atoms with van der Waals surface area (Å²) >= 11 is 0. The maximum absolute atomic E-state index is 5.36. The molecule has 71 valence electrons. The van der Waals surface area contributed by atoms with Gasteiger partial charge in [0.25, 0.3) is 0 Å². The molecule has 1 aromatic rings. The van der Waals surface area contributed by atoms with Gasteiger partial charge in [-0.1, -0.05) is 32.4 Å². The van der Waals surface area contributed by atoms with Gasteiger partial charge in [-0.2, -0.15) is 0 Å². The molecule has 0 spiro atoms. The van der Waals surface area contributed by atoms with Gasteiger partial charge in [0.1, 0.15) is 12.4 Å². The van der Waals surface area contributed by atoms with Crippen molar-refractivity contribution in [2.24, 2.45) is 0 Å². The molecule has 1 nitrogen and oxygen atoms in total. The molecule has 13 heavy (non-hydrogen) atoms. The fourth-order valence-corrected chi connectivity index (χ4v) is 1.20. The van der Waals surface area contributed by atoms with Crippen LogP contribution in [0, 0.1) is 6.61 Å². The molecular weight excluding hydrogens is 160 g/mol. The molecule has 0 saturated heterocycles. The second-order valence-electron chi connectivity index (χ2n) is 3.09. The molecule has 0 bridgehead atoms. The summed E-state index contributed by atoms with van der Waals surface area (Å²) in [4.78, 5) is 0. The standard InChI is InChI=1S/C12H17O/c1-3-5-11-6-8-12(9-7-11)13-10-4-2/h6-10H,3-5H2,1-2H3. The first-order chi connectivity index (χ1) is 6.36. The fourth-order valence-electron chi connectivity index (χ4n) is 1.20. The lowest BCUT2D eigenvalue weighted by Gasteiger charge is -2.04. The molecule has 1 aromatic carbocycles. The van der Waals surface area contributed by atoms with Crippen molar-refractivity contribution in [3.63, 3.8) is 0 Å². The first kappa shape index (κ1) is 10.1. The molecule has 0 heterocycles. The van der Waals surface area contributed by atoms with Crippen molar-refractivity contribution in [3.8, 4) is 5.75 Å². The number of hydrogen-bond acceptors (Lipinski definition) is 1. The number of benzene rings is 1. The van der Waals surface area contributed by atoms with Crippen molar-refractivity contribution < 1.29 is 4.74 Å². The van der Waals surface area contributed by atoms with E-state index >= 15 is 0 Å². The predicted molar refractivity (Wildman–Crippen MR) is 55.7 cm³/mol. The number of ether oxygens (including phenoxy) is 1. The average Bonchev–Trinajstić information content (AvgIpc) is 2.17. The van der Waals surface area contributed by atoms with Crippen LogP contribution in [0.4, 0.5) is 0 Å². The Morgan fingerprint density at radius 3 is 2.38 bits per heavy atom. The van der Waals surface area contributed by atoms with E-state index in [0.717, 1.165) is 18.6 Å². The molecule has 0 atom stereocenters. The maximum Gasteiger partial charge on any atom is 0.135 e. The smallest absolute Gasteiger partial charge is 0.135 e. The SMILES string of the molecule is CC[CH]Oc1ccc(CCC)cc1. The Bertz CT molecular complexity index is 225. The molecule has 1 radical (unpaired) electrons. The topological polar surface area (TPSA) is 9.23 Å².